The molecule has 0 atom stereocenters. The van der Waals surface area contributed by atoms with Crippen molar-refractivity contribution in [1.29, 1.82) is 0 Å². The van der Waals surface area contributed by atoms with E-state index in [2.05, 4.69) is 15.2 Å². The van der Waals surface area contributed by atoms with E-state index in [1.807, 2.05) is 7.05 Å². The molecule has 9 heteroatoms. The average Bonchev–Trinajstić information content (AvgIpc) is 3.33. The molecule has 0 radical (unpaired) electrons. The first-order chi connectivity index (χ1) is 13.0. The van der Waals surface area contributed by atoms with E-state index in [9.17, 15) is 8.42 Å². The summed E-state index contributed by atoms with van der Waals surface area (Å²) in [6.07, 6.45) is 2.76. The molecule has 0 spiro atoms. The summed E-state index contributed by atoms with van der Waals surface area (Å²) in [5, 5.41) is 8.60. The summed E-state index contributed by atoms with van der Waals surface area (Å²) < 4.78 is 34.7. The van der Waals surface area contributed by atoms with Gasteiger partial charge in [0.25, 0.3) is 5.89 Å². The fourth-order valence-electron chi connectivity index (χ4n) is 3.52. The van der Waals surface area contributed by atoms with E-state index in [1.54, 1.807) is 35.0 Å². The van der Waals surface area contributed by atoms with Crippen molar-refractivity contribution in [3.63, 3.8) is 0 Å². The van der Waals surface area contributed by atoms with Crippen molar-refractivity contribution in [2.75, 3.05) is 6.54 Å². The second kappa shape index (κ2) is 6.00. The standard InChI is InChI=1S/C18H19N5O3S/c1-22-15-9-10-23(27(24,25)13-5-3-2-4-6-13)11-14(15)16(20-22)18-19-17(21-26-18)12-7-8-12/h2-6,12H,7-11H2,1H3. The van der Waals surface area contributed by atoms with Gasteiger partial charge < -0.3 is 4.52 Å². The second-order valence-electron chi connectivity index (χ2n) is 7.03. The van der Waals surface area contributed by atoms with Crippen molar-refractivity contribution in [2.24, 2.45) is 7.05 Å². The van der Waals surface area contributed by atoms with Gasteiger partial charge in [-0.1, -0.05) is 23.4 Å². The normalized spacial score (nSPS) is 17.8. The Labute approximate surface area is 156 Å². The van der Waals surface area contributed by atoms with Gasteiger partial charge in [0, 0.05) is 43.7 Å². The SMILES string of the molecule is Cn1nc(-c2nc(C3CC3)no2)c2c1CCN(S(=O)(=O)c1ccccc1)C2. The van der Waals surface area contributed by atoms with Gasteiger partial charge in [-0.25, -0.2) is 8.42 Å². The van der Waals surface area contributed by atoms with Crippen LogP contribution in [0.4, 0.5) is 0 Å². The maximum absolute atomic E-state index is 13.0. The summed E-state index contributed by atoms with van der Waals surface area (Å²) in [4.78, 5) is 4.79. The molecule has 1 fully saturated rings. The van der Waals surface area contributed by atoms with Gasteiger partial charge in [0.2, 0.25) is 10.0 Å². The fourth-order valence-corrected chi connectivity index (χ4v) is 4.95. The third kappa shape index (κ3) is 2.78. The zero-order chi connectivity index (χ0) is 18.6. The summed E-state index contributed by atoms with van der Waals surface area (Å²) in [7, 11) is -1.70. The first-order valence-corrected chi connectivity index (χ1v) is 10.4. The van der Waals surface area contributed by atoms with Gasteiger partial charge in [-0.2, -0.15) is 14.4 Å². The summed E-state index contributed by atoms with van der Waals surface area (Å²) >= 11 is 0. The fraction of sp³-hybridized carbons (Fsp3) is 0.389. The van der Waals surface area contributed by atoms with Crippen LogP contribution in [0.2, 0.25) is 0 Å². The number of fused-ring (bicyclic) bond motifs is 1. The first kappa shape index (κ1) is 16.6. The maximum atomic E-state index is 13.0. The van der Waals surface area contributed by atoms with Crippen molar-refractivity contribution in [1.82, 2.24) is 24.2 Å². The van der Waals surface area contributed by atoms with Gasteiger partial charge >= 0.3 is 0 Å². The number of aromatic nitrogens is 4. The highest BCUT2D eigenvalue weighted by molar-refractivity contribution is 7.89. The highest BCUT2D eigenvalue weighted by Gasteiger charge is 2.34. The lowest BCUT2D eigenvalue weighted by Gasteiger charge is -2.26. The third-order valence-corrected chi connectivity index (χ3v) is 7.03. The van der Waals surface area contributed by atoms with E-state index in [4.69, 9.17) is 4.52 Å². The van der Waals surface area contributed by atoms with Crippen LogP contribution in [0.1, 0.15) is 35.8 Å². The Kier molecular flexibility index (Phi) is 3.70. The molecule has 27 heavy (non-hydrogen) atoms. The van der Waals surface area contributed by atoms with Crippen LogP contribution in [-0.2, 0) is 30.0 Å². The minimum absolute atomic E-state index is 0.247. The topological polar surface area (TPSA) is 94.1 Å². The van der Waals surface area contributed by atoms with Crippen LogP contribution < -0.4 is 0 Å². The number of hydrogen-bond donors (Lipinski definition) is 0. The maximum Gasteiger partial charge on any atom is 0.278 e. The molecular weight excluding hydrogens is 366 g/mol. The Bertz CT molecular complexity index is 1100. The van der Waals surface area contributed by atoms with Crippen LogP contribution in [0.3, 0.4) is 0 Å². The smallest absolute Gasteiger partial charge is 0.278 e. The van der Waals surface area contributed by atoms with Crippen LogP contribution in [0.15, 0.2) is 39.8 Å². The molecule has 0 amide bonds. The van der Waals surface area contributed by atoms with Gasteiger partial charge in [0.1, 0.15) is 0 Å². The number of sulfonamides is 1. The van der Waals surface area contributed by atoms with Crippen LogP contribution in [0.25, 0.3) is 11.6 Å². The predicted molar refractivity (Wildman–Crippen MR) is 96.2 cm³/mol. The van der Waals surface area contributed by atoms with E-state index in [1.165, 1.54) is 4.31 Å². The lowest BCUT2D eigenvalue weighted by molar-refractivity contribution is 0.385. The molecule has 1 aromatic carbocycles. The van der Waals surface area contributed by atoms with Crippen LogP contribution in [-0.4, -0.2) is 39.2 Å². The molecule has 140 valence electrons. The molecule has 0 unspecified atom stereocenters. The first-order valence-electron chi connectivity index (χ1n) is 8.98. The van der Waals surface area contributed by atoms with Crippen molar-refractivity contribution in [3.8, 4) is 11.6 Å². The molecular formula is C18H19N5O3S. The van der Waals surface area contributed by atoms with Gasteiger partial charge in [-0.15, -0.1) is 0 Å². The van der Waals surface area contributed by atoms with E-state index in [-0.39, 0.29) is 6.54 Å². The van der Waals surface area contributed by atoms with E-state index < -0.39 is 10.0 Å². The van der Waals surface area contributed by atoms with Crippen molar-refractivity contribution >= 4 is 10.0 Å². The molecule has 5 rings (SSSR count). The molecule has 3 aromatic rings. The average molecular weight is 385 g/mol. The molecule has 8 nitrogen and oxygen atoms in total. The van der Waals surface area contributed by atoms with Gasteiger partial charge in [-0.3, -0.25) is 4.68 Å². The Balaban J connectivity index is 1.51. The molecule has 1 aliphatic carbocycles. The summed E-state index contributed by atoms with van der Waals surface area (Å²) in [5.74, 6) is 1.47. The molecule has 0 saturated heterocycles. The number of nitrogens with zero attached hydrogens (tertiary/aromatic N) is 5. The third-order valence-electron chi connectivity index (χ3n) is 5.18. The molecule has 1 aliphatic heterocycles. The molecule has 0 N–H and O–H groups in total. The molecule has 3 heterocycles. The largest absolute Gasteiger partial charge is 0.332 e. The van der Waals surface area contributed by atoms with Crippen molar-refractivity contribution in [2.45, 2.75) is 36.6 Å². The van der Waals surface area contributed by atoms with Crippen LogP contribution >= 0.6 is 0 Å². The van der Waals surface area contributed by atoms with Gasteiger partial charge in [-0.05, 0) is 25.0 Å². The summed E-state index contributed by atoms with van der Waals surface area (Å²) in [6, 6.07) is 8.51. The van der Waals surface area contributed by atoms with E-state index >= 15 is 0 Å². The van der Waals surface area contributed by atoms with Gasteiger partial charge in [0.15, 0.2) is 11.5 Å². The van der Waals surface area contributed by atoms with Crippen LogP contribution in [0, 0.1) is 0 Å². The number of benzene rings is 1. The predicted octanol–water partition coefficient (Wildman–Crippen LogP) is 2.09. The van der Waals surface area contributed by atoms with E-state index in [0.29, 0.717) is 41.2 Å². The lowest BCUT2D eigenvalue weighted by atomic mass is 10.1. The molecule has 1 saturated carbocycles. The quantitative estimate of drug-likeness (QED) is 0.683. The van der Waals surface area contributed by atoms with Crippen molar-refractivity contribution < 1.29 is 12.9 Å². The van der Waals surface area contributed by atoms with Gasteiger partial charge in [0.05, 0.1) is 4.90 Å². The number of hydrogen-bond acceptors (Lipinski definition) is 6. The molecule has 2 aromatic heterocycles. The Hall–Kier alpha value is -2.52. The molecule has 2 aliphatic rings. The van der Waals surface area contributed by atoms with Crippen molar-refractivity contribution in [3.05, 3.63) is 47.4 Å². The lowest BCUT2D eigenvalue weighted by Crippen LogP contribution is -2.36. The van der Waals surface area contributed by atoms with Crippen LogP contribution in [0.5, 0.6) is 0 Å². The zero-order valence-corrected chi connectivity index (χ0v) is 15.7. The summed E-state index contributed by atoms with van der Waals surface area (Å²) in [6.45, 7) is 0.664. The Morgan fingerprint density at radius 3 is 2.70 bits per heavy atom. The minimum Gasteiger partial charge on any atom is -0.332 e. The van der Waals surface area contributed by atoms with E-state index in [0.717, 1.165) is 24.1 Å². The Morgan fingerprint density at radius 2 is 1.96 bits per heavy atom. The molecule has 0 bridgehead atoms. The number of aryl methyl sites for hydroxylation is 1. The summed E-state index contributed by atoms with van der Waals surface area (Å²) in [5.41, 5.74) is 2.43. The monoisotopic (exact) mass is 385 g/mol. The minimum atomic E-state index is -3.56. The Morgan fingerprint density at radius 1 is 1.19 bits per heavy atom. The highest BCUT2D eigenvalue weighted by atomic mass is 32.2. The zero-order valence-electron chi connectivity index (χ0n) is 14.9. The number of rotatable bonds is 4. The second-order valence-corrected chi connectivity index (χ2v) is 8.97. The highest BCUT2D eigenvalue weighted by Crippen LogP contribution is 2.39.